The summed E-state index contributed by atoms with van der Waals surface area (Å²) < 4.78 is 26.6. The first kappa shape index (κ1) is 13.5. The molecule has 102 valence electrons. The van der Waals surface area contributed by atoms with Crippen LogP contribution in [0.2, 0.25) is 0 Å². The normalized spacial score (nSPS) is 21.1. The maximum absolute atomic E-state index is 12.0. The fourth-order valence-corrected chi connectivity index (χ4v) is 3.07. The number of imidazole rings is 1. The molecule has 0 aromatic carbocycles. The smallest absolute Gasteiger partial charge is 0.257 e. The molecule has 1 atom stereocenters. The van der Waals surface area contributed by atoms with Gasteiger partial charge in [-0.3, -0.25) is 0 Å². The fourth-order valence-electron chi connectivity index (χ4n) is 2.05. The van der Waals surface area contributed by atoms with Crippen molar-refractivity contribution < 1.29 is 8.42 Å². The highest BCUT2D eigenvalue weighted by Gasteiger charge is 2.20. The van der Waals surface area contributed by atoms with Crippen molar-refractivity contribution in [3.63, 3.8) is 0 Å². The summed E-state index contributed by atoms with van der Waals surface area (Å²) >= 11 is 0. The first-order valence-electron chi connectivity index (χ1n) is 6.39. The quantitative estimate of drug-likeness (QED) is 0.724. The second kappa shape index (κ2) is 5.81. The minimum Gasteiger partial charge on any atom is -0.332 e. The van der Waals surface area contributed by atoms with Crippen LogP contribution in [0, 0.1) is 0 Å². The van der Waals surface area contributed by atoms with Crippen molar-refractivity contribution >= 4 is 10.0 Å². The lowest BCUT2D eigenvalue weighted by atomic mass is 10.1. The lowest BCUT2D eigenvalue weighted by Gasteiger charge is -2.23. The summed E-state index contributed by atoms with van der Waals surface area (Å²) in [4.78, 5) is 6.81. The molecule has 1 fully saturated rings. The molecule has 2 rings (SSSR count). The van der Waals surface area contributed by atoms with E-state index in [4.69, 9.17) is 0 Å². The number of aryl methyl sites for hydroxylation is 1. The molecule has 6 nitrogen and oxygen atoms in total. The Morgan fingerprint density at radius 2 is 2.33 bits per heavy atom. The van der Waals surface area contributed by atoms with E-state index in [1.807, 2.05) is 6.92 Å². The molecule has 18 heavy (non-hydrogen) atoms. The molecule has 0 saturated carbocycles. The van der Waals surface area contributed by atoms with Crippen LogP contribution in [0.1, 0.15) is 32.0 Å². The van der Waals surface area contributed by atoms with Crippen LogP contribution >= 0.6 is 0 Å². The number of nitrogens with one attached hydrogen (secondary N) is 3. The Bertz CT molecular complexity index is 477. The third kappa shape index (κ3) is 3.30. The fraction of sp³-hybridized carbons (Fsp3) is 0.727. The number of sulfonamides is 1. The number of piperidine rings is 1. The summed E-state index contributed by atoms with van der Waals surface area (Å²) in [6.07, 6.45) is 5.41. The maximum Gasteiger partial charge on any atom is 0.257 e. The third-order valence-corrected chi connectivity index (χ3v) is 4.49. The number of hydrogen-bond donors (Lipinski definition) is 3. The number of H-pyrrole nitrogens is 1. The molecular weight excluding hydrogens is 252 g/mol. The van der Waals surface area contributed by atoms with Gasteiger partial charge in [-0.2, -0.15) is 0 Å². The number of aromatic nitrogens is 2. The van der Waals surface area contributed by atoms with E-state index in [1.54, 1.807) is 0 Å². The van der Waals surface area contributed by atoms with Gasteiger partial charge in [0.2, 0.25) is 0 Å². The topological polar surface area (TPSA) is 86.9 Å². The van der Waals surface area contributed by atoms with Crippen LogP contribution in [0.3, 0.4) is 0 Å². The number of hydrogen-bond acceptors (Lipinski definition) is 4. The minimum absolute atomic E-state index is 0.148. The predicted octanol–water partition coefficient (Wildman–Crippen LogP) is 0.392. The lowest BCUT2D eigenvalue weighted by molar-refractivity contribution is 0.398. The van der Waals surface area contributed by atoms with E-state index in [-0.39, 0.29) is 11.1 Å². The average Bonchev–Trinajstić information content (AvgIpc) is 2.87. The standard InChI is InChI=1S/C11H20N4O2S/c1-2-10-13-8-11(15-10)18(16,17)14-7-9-5-3-4-6-12-9/h8-9,12,14H,2-7H2,1H3,(H,13,15). The first-order valence-corrected chi connectivity index (χ1v) is 7.87. The molecule has 3 N–H and O–H groups in total. The summed E-state index contributed by atoms with van der Waals surface area (Å²) in [5, 5.41) is 3.46. The van der Waals surface area contributed by atoms with Crippen LogP contribution in [-0.2, 0) is 16.4 Å². The molecule has 2 heterocycles. The zero-order valence-corrected chi connectivity index (χ0v) is 11.4. The van der Waals surface area contributed by atoms with Crippen LogP contribution in [0.5, 0.6) is 0 Å². The number of nitrogens with zero attached hydrogens (tertiary/aromatic N) is 1. The van der Waals surface area contributed by atoms with E-state index >= 15 is 0 Å². The summed E-state index contributed by atoms with van der Waals surface area (Å²) in [5.41, 5.74) is 0. The molecule has 0 amide bonds. The molecule has 0 bridgehead atoms. The molecule has 7 heteroatoms. The summed E-state index contributed by atoms with van der Waals surface area (Å²) in [5.74, 6) is 0.686. The zero-order chi connectivity index (χ0) is 13.0. The van der Waals surface area contributed by atoms with Crippen molar-refractivity contribution in [2.24, 2.45) is 0 Å². The first-order chi connectivity index (χ1) is 8.62. The van der Waals surface area contributed by atoms with Gasteiger partial charge in [-0.25, -0.2) is 18.1 Å². The SMILES string of the molecule is CCc1ncc(S(=O)(=O)NCC2CCCCN2)[nH]1. The van der Waals surface area contributed by atoms with Crippen molar-refractivity contribution in [1.82, 2.24) is 20.0 Å². The Morgan fingerprint density at radius 1 is 1.50 bits per heavy atom. The second-order valence-corrected chi connectivity index (χ2v) is 6.28. The highest BCUT2D eigenvalue weighted by Crippen LogP contribution is 2.09. The van der Waals surface area contributed by atoms with Crippen molar-refractivity contribution in [3.05, 3.63) is 12.0 Å². The largest absolute Gasteiger partial charge is 0.332 e. The Kier molecular flexibility index (Phi) is 4.36. The van der Waals surface area contributed by atoms with Crippen molar-refractivity contribution in [2.45, 2.75) is 43.7 Å². The van der Waals surface area contributed by atoms with Gasteiger partial charge in [-0.05, 0) is 19.4 Å². The van der Waals surface area contributed by atoms with Crippen molar-refractivity contribution in [1.29, 1.82) is 0 Å². The van der Waals surface area contributed by atoms with Crippen molar-refractivity contribution in [2.75, 3.05) is 13.1 Å². The van der Waals surface area contributed by atoms with Crippen LogP contribution in [0.4, 0.5) is 0 Å². The number of rotatable bonds is 5. The van der Waals surface area contributed by atoms with Crippen LogP contribution in [0.15, 0.2) is 11.2 Å². The van der Waals surface area contributed by atoms with Gasteiger partial charge in [0.15, 0.2) is 5.03 Å². The van der Waals surface area contributed by atoms with Gasteiger partial charge in [-0.15, -0.1) is 0 Å². The molecule has 0 aliphatic carbocycles. The summed E-state index contributed by atoms with van der Waals surface area (Å²) in [7, 11) is -3.46. The van der Waals surface area contributed by atoms with E-state index in [0.29, 0.717) is 18.8 Å². The van der Waals surface area contributed by atoms with E-state index in [0.717, 1.165) is 19.4 Å². The van der Waals surface area contributed by atoms with Gasteiger partial charge < -0.3 is 10.3 Å². The van der Waals surface area contributed by atoms with Crippen molar-refractivity contribution in [3.8, 4) is 0 Å². The maximum atomic E-state index is 12.0. The van der Waals surface area contributed by atoms with Crippen LogP contribution in [-0.4, -0.2) is 37.5 Å². The monoisotopic (exact) mass is 272 g/mol. The Morgan fingerprint density at radius 3 is 2.94 bits per heavy atom. The predicted molar refractivity (Wildman–Crippen MR) is 68.8 cm³/mol. The van der Waals surface area contributed by atoms with E-state index < -0.39 is 10.0 Å². The molecular formula is C11H20N4O2S. The minimum atomic E-state index is -3.46. The Hall–Kier alpha value is -0.920. The number of aromatic amines is 1. The molecule has 1 saturated heterocycles. The molecule has 1 aromatic rings. The third-order valence-electron chi connectivity index (χ3n) is 3.16. The highest BCUT2D eigenvalue weighted by atomic mass is 32.2. The van der Waals surface area contributed by atoms with Gasteiger partial charge in [0, 0.05) is 19.0 Å². The molecule has 0 radical (unpaired) electrons. The zero-order valence-electron chi connectivity index (χ0n) is 10.6. The molecule has 1 aliphatic rings. The molecule has 0 spiro atoms. The Balaban J connectivity index is 1.94. The van der Waals surface area contributed by atoms with E-state index in [2.05, 4.69) is 20.0 Å². The van der Waals surface area contributed by atoms with Gasteiger partial charge in [0.25, 0.3) is 10.0 Å². The molecule has 1 aliphatic heterocycles. The Labute approximate surface area is 108 Å². The average molecular weight is 272 g/mol. The van der Waals surface area contributed by atoms with E-state index in [9.17, 15) is 8.42 Å². The van der Waals surface area contributed by atoms with Crippen LogP contribution < -0.4 is 10.0 Å². The lowest BCUT2D eigenvalue weighted by Crippen LogP contribution is -2.43. The summed E-state index contributed by atoms with van der Waals surface area (Å²) in [6.45, 7) is 3.33. The highest BCUT2D eigenvalue weighted by molar-refractivity contribution is 7.89. The van der Waals surface area contributed by atoms with Gasteiger partial charge >= 0.3 is 0 Å². The van der Waals surface area contributed by atoms with Crippen LogP contribution in [0.25, 0.3) is 0 Å². The van der Waals surface area contributed by atoms with Gasteiger partial charge in [0.1, 0.15) is 5.82 Å². The second-order valence-electron chi connectivity index (χ2n) is 4.55. The molecule has 1 unspecified atom stereocenters. The molecule has 1 aromatic heterocycles. The van der Waals surface area contributed by atoms with Gasteiger partial charge in [-0.1, -0.05) is 13.3 Å². The summed E-state index contributed by atoms with van der Waals surface area (Å²) in [6, 6.07) is 0.238. The van der Waals surface area contributed by atoms with Gasteiger partial charge in [0.05, 0.1) is 6.20 Å². The van der Waals surface area contributed by atoms with E-state index in [1.165, 1.54) is 12.6 Å².